The van der Waals surface area contributed by atoms with Crippen molar-refractivity contribution in [3.63, 3.8) is 0 Å². The number of halogens is 1. The van der Waals surface area contributed by atoms with Crippen LogP contribution in [0.4, 0.5) is 0 Å². The fraction of sp³-hybridized carbons (Fsp3) is 0.0714. The highest BCUT2D eigenvalue weighted by Gasteiger charge is 2.12. The van der Waals surface area contributed by atoms with Gasteiger partial charge in [-0.1, -0.05) is 41.6 Å². The predicted octanol–water partition coefficient (Wildman–Crippen LogP) is 2.99. The lowest BCUT2D eigenvalue weighted by molar-refractivity contribution is 0.626. The number of pyridine rings is 1. The molecule has 0 aliphatic carbocycles. The summed E-state index contributed by atoms with van der Waals surface area (Å²) in [6.07, 6.45) is 1.79. The van der Waals surface area contributed by atoms with Crippen LogP contribution in [0.3, 0.4) is 0 Å². The molecule has 0 fully saturated rings. The maximum Gasteiger partial charge on any atom is 0.128 e. The second-order valence-electron chi connectivity index (χ2n) is 4.07. The molecular formula is C14H11IN4. The summed E-state index contributed by atoms with van der Waals surface area (Å²) >= 11 is 2.28. The third-order valence-electron chi connectivity index (χ3n) is 2.76. The summed E-state index contributed by atoms with van der Waals surface area (Å²) in [7, 11) is 0. The van der Waals surface area contributed by atoms with E-state index in [2.05, 4.69) is 37.9 Å². The Hall–Kier alpha value is -1.76. The Bertz CT molecular complexity index is 664. The Morgan fingerprint density at radius 3 is 2.53 bits per heavy atom. The molecule has 0 aliphatic heterocycles. The quantitative estimate of drug-likeness (QED) is 0.673. The van der Waals surface area contributed by atoms with Gasteiger partial charge >= 0.3 is 0 Å². The van der Waals surface area contributed by atoms with Crippen LogP contribution in [0.2, 0.25) is 0 Å². The van der Waals surface area contributed by atoms with E-state index in [1.165, 1.54) is 0 Å². The minimum absolute atomic E-state index is 0.638. The van der Waals surface area contributed by atoms with Crippen molar-refractivity contribution in [2.45, 2.75) is 6.54 Å². The number of hydrogen-bond acceptors (Lipinski definition) is 3. The maximum atomic E-state index is 4.31. The number of aromatic nitrogens is 4. The molecule has 0 bridgehead atoms. The lowest BCUT2D eigenvalue weighted by Gasteiger charge is -2.02. The Labute approximate surface area is 124 Å². The molecule has 0 saturated heterocycles. The summed E-state index contributed by atoms with van der Waals surface area (Å²) in [5.74, 6) is 0. The summed E-state index contributed by atoms with van der Waals surface area (Å²) in [4.78, 5) is 4.31. The molecule has 3 aromatic rings. The van der Waals surface area contributed by atoms with Crippen LogP contribution in [-0.4, -0.2) is 20.0 Å². The van der Waals surface area contributed by atoms with Crippen molar-refractivity contribution in [3.8, 4) is 11.3 Å². The molecule has 0 radical (unpaired) electrons. The third-order valence-corrected chi connectivity index (χ3v) is 3.83. The minimum Gasteiger partial charge on any atom is -0.259 e. The van der Waals surface area contributed by atoms with Gasteiger partial charge in [-0.15, -0.1) is 5.10 Å². The van der Waals surface area contributed by atoms with Gasteiger partial charge in [0, 0.05) is 11.8 Å². The zero-order valence-corrected chi connectivity index (χ0v) is 12.2. The second-order valence-corrected chi connectivity index (χ2v) is 5.10. The van der Waals surface area contributed by atoms with E-state index in [1.54, 1.807) is 6.20 Å². The van der Waals surface area contributed by atoms with Gasteiger partial charge in [-0.05, 0) is 34.7 Å². The summed E-state index contributed by atoms with van der Waals surface area (Å²) < 4.78 is 2.89. The molecule has 0 amide bonds. The predicted molar refractivity (Wildman–Crippen MR) is 81.5 cm³/mol. The normalized spacial score (nSPS) is 10.6. The number of benzene rings is 1. The molecule has 2 aromatic heterocycles. The molecule has 19 heavy (non-hydrogen) atoms. The van der Waals surface area contributed by atoms with Crippen LogP contribution in [0.25, 0.3) is 11.3 Å². The SMILES string of the molecule is Ic1c(-c2ccccc2)nnn1Cc1ccccn1. The lowest BCUT2D eigenvalue weighted by Crippen LogP contribution is -2.05. The summed E-state index contributed by atoms with van der Waals surface area (Å²) in [6.45, 7) is 0.638. The Morgan fingerprint density at radius 2 is 1.79 bits per heavy atom. The van der Waals surface area contributed by atoms with Gasteiger partial charge in [0.1, 0.15) is 9.39 Å². The van der Waals surface area contributed by atoms with Crippen LogP contribution < -0.4 is 0 Å². The van der Waals surface area contributed by atoms with Crippen molar-refractivity contribution in [2.75, 3.05) is 0 Å². The van der Waals surface area contributed by atoms with E-state index < -0.39 is 0 Å². The molecule has 0 atom stereocenters. The van der Waals surface area contributed by atoms with E-state index in [9.17, 15) is 0 Å². The van der Waals surface area contributed by atoms with Crippen molar-refractivity contribution in [2.24, 2.45) is 0 Å². The molecule has 94 valence electrons. The van der Waals surface area contributed by atoms with Crippen LogP contribution in [0.5, 0.6) is 0 Å². The molecule has 5 heteroatoms. The fourth-order valence-corrected chi connectivity index (χ4v) is 2.51. The monoisotopic (exact) mass is 362 g/mol. The van der Waals surface area contributed by atoms with E-state index in [0.717, 1.165) is 20.7 Å². The van der Waals surface area contributed by atoms with Gasteiger partial charge in [0.2, 0.25) is 0 Å². The van der Waals surface area contributed by atoms with E-state index in [-0.39, 0.29) is 0 Å². The number of hydrogen-bond donors (Lipinski definition) is 0. The highest BCUT2D eigenvalue weighted by molar-refractivity contribution is 14.1. The first-order valence-electron chi connectivity index (χ1n) is 5.89. The topological polar surface area (TPSA) is 43.6 Å². The number of rotatable bonds is 3. The molecule has 0 saturated carbocycles. The van der Waals surface area contributed by atoms with E-state index in [0.29, 0.717) is 6.54 Å². The van der Waals surface area contributed by atoms with Crippen LogP contribution in [0.15, 0.2) is 54.7 Å². The largest absolute Gasteiger partial charge is 0.259 e. The molecule has 2 heterocycles. The van der Waals surface area contributed by atoms with Crippen molar-refractivity contribution < 1.29 is 0 Å². The second kappa shape index (κ2) is 5.48. The van der Waals surface area contributed by atoms with Gasteiger partial charge in [-0.25, -0.2) is 4.68 Å². The highest BCUT2D eigenvalue weighted by Crippen LogP contribution is 2.22. The summed E-state index contributed by atoms with van der Waals surface area (Å²) in [5, 5.41) is 8.47. The summed E-state index contributed by atoms with van der Waals surface area (Å²) in [5.41, 5.74) is 2.97. The van der Waals surface area contributed by atoms with Crippen molar-refractivity contribution in [3.05, 3.63) is 64.1 Å². The Balaban J connectivity index is 1.92. The van der Waals surface area contributed by atoms with Gasteiger partial charge in [0.25, 0.3) is 0 Å². The summed E-state index contributed by atoms with van der Waals surface area (Å²) in [6, 6.07) is 15.9. The van der Waals surface area contributed by atoms with Crippen molar-refractivity contribution in [1.82, 2.24) is 20.0 Å². The smallest absolute Gasteiger partial charge is 0.128 e. The average molecular weight is 362 g/mol. The Kier molecular flexibility index (Phi) is 3.54. The van der Waals surface area contributed by atoms with Gasteiger partial charge in [0.05, 0.1) is 12.2 Å². The van der Waals surface area contributed by atoms with E-state index in [4.69, 9.17) is 0 Å². The maximum absolute atomic E-state index is 4.31. The molecule has 0 N–H and O–H groups in total. The molecule has 3 rings (SSSR count). The molecule has 0 aliphatic rings. The van der Waals surface area contributed by atoms with Gasteiger partial charge < -0.3 is 0 Å². The highest BCUT2D eigenvalue weighted by atomic mass is 127. The van der Waals surface area contributed by atoms with Crippen molar-refractivity contribution in [1.29, 1.82) is 0 Å². The van der Waals surface area contributed by atoms with Gasteiger partial charge in [-0.3, -0.25) is 4.98 Å². The first-order chi connectivity index (χ1) is 9.34. The zero-order valence-electron chi connectivity index (χ0n) is 10.1. The van der Waals surface area contributed by atoms with Crippen LogP contribution in [-0.2, 0) is 6.54 Å². The first kappa shape index (κ1) is 12.3. The van der Waals surface area contributed by atoms with Crippen LogP contribution in [0, 0.1) is 3.70 Å². The fourth-order valence-electron chi connectivity index (χ4n) is 1.82. The average Bonchev–Trinajstić information content (AvgIpc) is 2.82. The Morgan fingerprint density at radius 1 is 1.00 bits per heavy atom. The first-order valence-corrected chi connectivity index (χ1v) is 6.97. The standard InChI is InChI=1S/C14H11IN4/c15-14-13(11-6-2-1-3-7-11)17-18-19(14)10-12-8-4-5-9-16-12/h1-9H,10H2. The molecule has 1 aromatic carbocycles. The van der Waals surface area contributed by atoms with E-state index >= 15 is 0 Å². The zero-order chi connectivity index (χ0) is 13.1. The third kappa shape index (κ3) is 2.65. The van der Waals surface area contributed by atoms with Gasteiger partial charge in [0.15, 0.2) is 0 Å². The lowest BCUT2D eigenvalue weighted by atomic mass is 10.2. The van der Waals surface area contributed by atoms with Crippen LogP contribution in [0.1, 0.15) is 5.69 Å². The molecular weight excluding hydrogens is 351 g/mol. The number of nitrogens with zero attached hydrogens (tertiary/aromatic N) is 4. The van der Waals surface area contributed by atoms with Crippen LogP contribution >= 0.6 is 22.6 Å². The molecule has 0 unspecified atom stereocenters. The van der Waals surface area contributed by atoms with Crippen molar-refractivity contribution >= 4 is 22.6 Å². The molecule has 4 nitrogen and oxygen atoms in total. The van der Waals surface area contributed by atoms with E-state index in [1.807, 2.05) is 53.2 Å². The molecule has 0 spiro atoms. The minimum atomic E-state index is 0.638. The van der Waals surface area contributed by atoms with Gasteiger partial charge in [-0.2, -0.15) is 0 Å².